The molecule has 16 heavy (non-hydrogen) atoms. The van der Waals surface area contributed by atoms with Crippen LogP contribution in [0.2, 0.25) is 0 Å². The predicted molar refractivity (Wildman–Crippen MR) is 65.4 cm³/mol. The SMILES string of the molecule is C1=N/C=C\C2=C3CC4CC(C1)C2CCC3N4. The Bertz CT molecular complexity index is 405. The molecule has 2 nitrogen and oxygen atoms in total. The molecule has 0 radical (unpaired) electrons. The molecule has 4 rings (SSSR count). The summed E-state index contributed by atoms with van der Waals surface area (Å²) in [5.74, 6) is 1.67. The second-order valence-electron chi connectivity index (χ2n) is 5.66. The van der Waals surface area contributed by atoms with Crippen LogP contribution >= 0.6 is 0 Å². The number of aliphatic imine (C=N–C) groups is 1. The maximum atomic E-state index is 4.36. The van der Waals surface area contributed by atoms with Crippen LogP contribution < -0.4 is 5.32 Å². The van der Waals surface area contributed by atoms with Crippen LogP contribution in [-0.2, 0) is 0 Å². The second kappa shape index (κ2) is 3.30. The van der Waals surface area contributed by atoms with Gasteiger partial charge in [0.15, 0.2) is 0 Å². The van der Waals surface area contributed by atoms with Gasteiger partial charge in [0, 0.05) is 24.5 Å². The van der Waals surface area contributed by atoms with Gasteiger partial charge in [-0.05, 0) is 61.2 Å². The molecule has 2 aliphatic heterocycles. The van der Waals surface area contributed by atoms with E-state index in [9.17, 15) is 0 Å². The molecular formula is C14H18N2. The molecule has 1 fully saturated rings. The molecule has 2 aliphatic carbocycles. The average molecular weight is 214 g/mol. The van der Waals surface area contributed by atoms with Gasteiger partial charge in [0.05, 0.1) is 0 Å². The highest BCUT2D eigenvalue weighted by Crippen LogP contribution is 2.47. The topological polar surface area (TPSA) is 24.4 Å². The molecule has 4 unspecified atom stereocenters. The van der Waals surface area contributed by atoms with Gasteiger partial charge in [0.2, 0.25) is 0 Å². The van der Waals surface area contributed by atoms with E-state index in [2.05, 4.69) is 22.6 Å². The number of hydrogen-bond acceptors (Lipinski definition) is 2. The van der Waals surface area contributed by atoms with Crippen molar-refractivity contribution in [1.82, 2.24) is 5.32 Å². The van der Waals surface area contributed by atoms with Crippen LogP contribution in [0.25, 0.3) is 0 Å². The van der Waals surface area contributed by atoms with Crippen molar-refractivity contribution in [1.29, 1.82) is 0 Å². The van der Waals surface area contributed by atoms with E-state index in [4.69, 9.17) is 0 Å². The van der Waals surface area contributed by atoms with Crippen molar-refractivity contribution < 1.29 is 0 Å². The van der Waals surface area contributed by atoms with Crippen molar-refractivity contribution in [2.75, 3.05) is 0 Å². The summed E-state index contributed by atoms with van der Waals surface area (Å²) in [6.45, 7) is 0. The number of nitrogens with one attached hydrogen (secondary N) is 1. The molecule has 1 saturated heterocycles. The monoisotopic (exact) mass is 214 g/mol. The fourth-order valence-corrected chi connectivity index (χ4v) is 4.21. The summed E-state index contributed by atoms with van der Waals surface area (Å²) >= 11 is 0. The molecule has 84 valence electrons. The molecule has 0 aromatic heterocycles. The van der Waals surface area contributed by atoms with Gasteiger partial charge in [-0.2, -0.15) is 0 Å². The molecule has 0 spiro atoms. The van der Waals surface area contributed by atoms with E-state index < -0.39 is 0 Å². The number of nitrogens with zero attached hydrogens (tertiary/aromatic N) is 1. The number of rotatable bonds is 0. The zero-order valence-electron chi connectivity index (χ0n) is 9.52. The molecule has 0 aromatic carbocycles. The molecule has 0 amide bonds. The van der Waals surface area contributed by atoms with Crippen LogP contribution in [0.5, 0.6) is 0 Å². The number of fused-ring (bicyclic) bond motifs is 1. The van der Waals surface area contributed by atoms with E-state index in [0.717, 1.165) is 17.9 Å². The third-order valence-corrected chi connectivity index (χ3v) is 4.87. The zero-order chi connectivity index (χ0) is 10.5. The van der Waals surface area contributed by atoms with Gasteiger partial charge >= 0.3 is 0 Å². The minimum Gasteiger partial charge on any atom is -0.307 e. The Morgan fingerprint density at radius 2 is 2.31 bits per heavy atom. The summed E-state index contributed by atoms with van der Waals surface area (Å²) in [7, 11) is 0. The standard InChI is InChI=1S/C14H18N2/c1-2-14-13-8-10(16-14)7-9-3-5-15-6-4-12(13)11(1)9/h4-6,9-11,14,16H,1-3,7-8H2/b6-4-,15-5?. The second-order valence-corrected chi connectivity index (χ2v) is 5.66. The van der Waals surface area contributed by atoms with Crippen molar-refractivity contribution in [3.8, 4) is 0 Å². The summed E-state index contributed by atoms with van der Waals surface area (Å²) < 4.78 is 0. The van der Waals surface area contributed by atoms with Crippen LogP contribution in [0.15, 0.2) is 28.4 Å². The summed E-state index contributed by atoms with van der Waals surface area (Å²) in [4.78, 5) is 4.36. The van der Waals surface area contributed by atoms with Crippen LogP contribution in [0.4, 0.5) is 0 Å². The van der Waals surface area contributed by atoms with Crippen LogP contribution in [0.1, 0.15) is 32.1 Å². The molecule has 4 aliphatic rings. The van der Waals surface area contributed by atoms with Crippen molar-refractivity contribution >= 4 is 6.21 Å². The predicted octanol–water partition coefficient (Wildman–Crippen LogP) is 2.43. The highest BCUT2D eigenvalue weighted by Gasteiger charge is 2.42. The van der Waals surface area contributed by atoms with Crippen molar-refractivity contribution in [3.05, 3.63) is 23.4 Å². The zero-order valence-corrected chi connectivity index (χ0v) is 9.52. The van der Waals surface area contributed by atoms with Gasteiger partial charge < -0.3 is 5.32 Å². The lowest BCUT2D eigenvalue weighted by atomic mass is 9.73. The molecule has 0 saturated carbocycles. The van der Waals surface area contributed by atoms with E-state index in [-0.39, 0.29) is 0 Å². The molecule has 5 bridgehead atoms. The molecule has 2 heterocycles. The third-order valence-electron chi connectivity index (χ3n) is 4.87. The maximum Gasteiger partial charge on any atom is 0.0288 e. The smallest absolute Gasteiger partial charge is 0.0288 e. The van der Waals surface area contributed by atoms with Gasteiger partial charge in [-0.15, -0.1) is 0 Å². The Kier molecular flexibility index (Phi) is 1.89. The first-order chi connectivity index (χ1) is 7.92. The maximum absolute atomic E-state index is 4.36. The molecule has 2 heteroatoms. The molecule has 0 aromatic rings. The van der Waals surface area contributed by atoms with E-state index >= 15 is 0 Å². The van der Waals surface area contributed by atoms with Gasteiger partial charge in [0.25, 0.3) is 0 Å². The van der Waals surface area contributed by atoms with E-state index in [1.54, 1.807) is 11.1 Å². The largest absolute Gasteiger partial charge is 0.307 e. The summed E-state index contributed by atoms with van der Waals surface area (Å²) in [5, 5.41) is 3.82. The van der Waals surface area contributed by atoms with Crippen molar-refractivity contribution in [2.24, 2.45) is 16.8 Å². The first-order valence-electron chi connectivity index (χ1n) is 6.59. The normalized spacial score (nSPS) is 46.5. The lowest BCUT2D eigenvalue weighted by Gasteiger charge is -2.37. The fourth-order valence-electron chi connectivity index (χ4n) is 4.21. The van der Waals surface area contributed by atoms with Gasteiger partial charge in [-0.1, -0.05) is 0 Å². The van der Waals surface area contributed by atoms with Gasteiger partial charge in [0.1, 0.15) is 0 Å². The van der Waals surface area contributed by atoms with Crippen molar-refractivity contribution in [2.45, 2.75) is 44.2 Å². The third kappa shape index (κ3) is 1.20. The number of allylic oxidation sites excluding steroid dienone is 2. The van der Waals surface area contributed by atoms with Crippen LogP contribution in [0, 0.1) is 11.8 Å². The first-order valence-corrected chi connectivity index (χ1v) is 6.59. The summed E-state index contributed by atoms with van der Waals surface area (Å²) in [5.41, 5.74) is 3.36. The van der Waals surface area contributed by atoms with E-state index in [1.165, 1.54) is 32.1 Å². The average Bonchev–Trinajstić information content (AvgIpc) is 2.57. The summed E-state index contributed by atoms with van der Waals surface area (Å²) in [6.07, 6.45) is 13.0. The fraction of sp³-hybridized carbons (Fsp3) is 0.643. The minimum absolute atomic E-state index is 0.699. The lowest BCUT2D eigenvalue weighted by molar-refractivity contribution is 0.270. The molecular weight excluding hydrogens is 196 g/mol. The summed E-state index contributed by atoms with van der Waals surface area (Å²) in [6, 6.07) is 1.45. The lowest BCUT2D eigenvalue weighted by Crippen LogP contribution is -2.39. The molecule has 1 N–H and O–H groups in total. The molecule has 4 atom stereocenters. The Morgan fingerprint density at radius 1 is 1.31 bits per heavy atom. The Labute approximate surface area is 96.5 Å². The number of hydrogen-bond donors (Lipinski definition) is 1. The van der Waals surface area contributed by atoms with E-state index in [0.29, 0.717) is 6.04 Å². The highest BCUT2D eigenvalue weighted by molar-refractivity contribution is 5.60. The van der Waals surface area contributed by atoms with Crippen LogP contribution in [-0.4, -0.2) is 18.3 Å². The van der Waals surface area contributed by atoms with E-state index in [1.807, 2.05) is 6.20 Å². The highest BCUT2D eigenvalue weighted by atomic mass is 15.0. The minimum atomic E-state index is 0.699. The van der Waals surface area contributed by atoms with Crippen LogP contribution in [0.3, 0.4) is 0 Å². The Hall–Kier alpha value is -0.890. The van der Waals surface area contributed by atoms with Crippen molar-refractivity contribution in [3.63, 3.8) is 0 Å². The first kappa shape index (κ1) is 9.17. The Morgan fingerprint density at radius 3 is 3.31 bits per heavy atom. The Balaban J connectivity index is 1.89. The van der Waals surface area contributed by atoms with Gasteiger partial charge in [-0.3, -0.25) is 4.99 Å². The van der Waals surface area contributed by atoms with Gasteiger partial charge in [-0.25, -0.2) is 0 Å². The quantitative estimate of drug-likeness (QED) is 0.658.